The summed E-state index contributed by atoms with van der Waals surface area (Å²) in [6, 6.07) is 5.97. The average molecular weight is 245 g/mol. The highest BCUT2D eigenvalue weighted by Crippen LogP contribution is 2.43. The van der Waals surface area contributed by atoms with E-state index in [4.69, 9.17) is 10.5 Å². The maximum atomic E-state index is 6.06. The van der Waals surface area contributed by atoms with Crippen LogP contribution in [0, 0.1) is 5.41 Å². The summed E-state index contributed by atoms with van der Waals surface area (Å²) in [5.74, 6) is 1.37. The first kappa shape index (κ1) is 11.4. The smallest absolute Gasteiger partial charge is 0.201 e. The normalized spacial score (nSPS) is 17.7. The van der Waals surface area contributed by atoms with E-state index in [1.165, 1.54) is 19.3 Å². The summed E-state index contributed by atoms with van der Waals surface area (Å²) in [5.41, 5.74) is 8.37. The Kier molecular flexibility index (Phi) is 2.47. The summed E-state index contributed by atoms with van der Waals surface area (Å²) >= 11 is 0. The molecule has 3 rings (SSSR count). The van der Waals surface area contributed by atoms with Crippen LogP contribution in [-0.2, 0) is 6.54 Å². The van der Waals surface area contributed by atoms with E-state index < -0.39 is 0 Å². The monoisotopic (exact) mass is 245 g/mol. The van der Waals surface area contributed by atoms with Gasteiger partial charge in [-0.1, -0.05) is 19.4 Å². The molecule has 0 bridgehead atoms. The van der Waals surface area contributed by atoms with Gasteiger partial charge in [-0.25, -0.2) is 4.98 Å². The molecule has 4 heteroatoms. The van der Waals surface area contributed by atoms with E-state index in [0.717, 1.165) is 23.3 Å². The van der Waals surface area contributed by atoms with Crippen LogP contribution in [0.15, 0.2) is 18.2 Å². The molecule has 0 spiro atoms. The van der Waals surface area contributed by atoms with E-state index in [0.29, 0.717) is 11.4 Å². The fourth-order valence-electron chi connectivity index (χ4n) is 2.79. The number of hydrogen-bond donors (Lipinski definition) is 1. The fourth-order valence-corrected chi connectivity index (χ4v) is 2.79. The van der Waals surface area contributed by atoms with Crippen molar-refractivity contribution >= 4 is 17.0 Å². The van der Waals surface area contributed by atoms with Crippen molar-refractivity contribution in [3.8, 4) is 5.75 Å². The first-order valence-electron chi connectivity index (χ1n) is 6.42. The highest BCUT2D eigenvalue weighted by atomic mass is 16.5. The van der Waals surface area contributed by atoms with Crippen LogP contribution >= 0.6 is 0 Å². The van der Waals surface area contributed by atoms with Crippen molar-refractivity contribution in [3.05, 3.63) is 18.2 Å². The van der Waals surface area contributed by atoms with Crippen LogP contribution in [0.25, 0.3) is 11.0 Å². The van der Waals surface area contributed by atoms with Gasteiger partial charge in [0.05, 0.1) is 12.6 Å². The van der Waals surface area contributed by atoms with Gasteiger partial charge < -0.3 is 15.0 Å². The molecule has 1 heterocycles. The lowest BCUT2D eigenvalue weighted by molar-refractivity contribution is 0.135. The topological polar surface area (TPSA) is 53.1 Å². The minimum absolute atomic E-state index is 0.380. The summed E-state index contributed by atoms with van der Waals surface area (Å²) in [6.45, 7) is 3.27. The van der Waals surface area contributed by atoms with Crippen molar-refractivity contribution in [2.24, 2.45) is 5.41 Å². The van der Waals surface area contributed by atoms with Crippen LogP contribution in [0.2, 0.25) is 0 Å². The zero-order valence-electron chi connectivity index (χ0n) is 10.9. The van der Waals surface area contributed by atoms with Crippen molar-refractivity contribution in [3.63, 3.8) is 0 Å². The van der Waals surface area contributed by atoms with Gasteiger partial charge in [0, 0.05) is 6.54 Å². The Balaban J connectivity index is 2.08. The lowest BCUT2D eigenvalue weighted by Gasteiger charge is -2.38. The van der Waals surface area contributed by atoms with Gasteiger partial charge in [-0.3, -0.25) is 0 Å². The van der Waals surface area contributed by atoms with Gasteiger partial charge in [0.2, 0.25) is 5.95 Å². The van der Waals surface area contributed by atoms with E-state index in [1.807, 2.05) is 12.1 Å². The lowest BCUT2D eigenvalue weighted by atomic mass is 9.70. The van der Waals surface area contributed by atoms with E-state index >= 15 is 0 Å². The highest BCUT2D eigenvalue weighted by Gasteiger charge is 2.33. The number of hydrogen-bond acceptors (Lipinski definition) is 3. The molecule has 0 saturated heterocycles. The van der Waals surface area contributed by atoms with Gasteiger partial charge >= 0.3 is 0 Å². The number of anilines is 1. The third kappa shape index (κ3) is 1.64. The molecule has 2 aromatic rings. The van der Waals surface area contributed by atoms with Crippen molar-refractivity contribution < 1.29 is 4.74 Å². The van der Waals surface area contributed by atoms with Crippen molar-refractivity contribution in [1.82, 2.24) is 9.55 Å². The molecule has 2 N–H and O–H groups in total. The molecule has 1 aromatic carbocycles. The molecular formula is C14H19N3O. The number of imidazole rings is 1. The second-order valence-electron chi connectivity index (χ2n) is 5.55. The molecule has 96 valence electrons. The quantitative estimate of drug-likeness (QED) is 0.904. The van der Waals surface area contributed by atoms with Crippen molar-refractivity contribution in [1.29, 1.82) is 0 Å². The van der Waals surface area contributed by atoms with Gasteiger partial charge in [-0.05, 0) is 30.4 Å². The van der Waals surface area contributed by atoms with Crippen LogP contribution in [0.4, 0.5) is 5.95 Å². The zero-order chi connectivity index (χ0) is 12.8. The lowest BCUT2D eigenvalue weighted by Crippen LogP contribution is -2.31. The summed E-state index contributed by atoms with van der Waals surface area (Å²) in [7, 11) is 1.66. The van der Waals surface area contributed by atoms with Crippen molar-refractivity contribution in [2.45, 2.75) is 32.7 Å². The Labute approximate surface area is 107 Å². The molecular weight excluding hydrogens is 226 g/mol. The first-order chi connectivity index (χ1) is 8.63. The maximum absolute atomic E-state index is 6.06. The van der Waals surface area contributed by atoms with E-state index in [1.54, 1.807) is 7.11 Å². The van der Waals surface area contributed by atoms with E-state index in [2.05, 4.69) is 22.5 Å². The van der Waals surface area contributed by atoms with Gasteiger partial charge in [0.15, 0.2) is 0 Å². The summed E-state index contributed by atoms with van der Waals surface area (Å²) < 4.78 is 7.46. The van der Waals surface area contributed by atoms with Crippen LogP contribution in [-0.4, -0.2) is 16.7 Å². The number of methoxy groups -OCH3 is 1. The molecule has 0 radical (unpaired) electrons. The van der Waals surface area contributed by atoms with E-state index in [9.17, 15) is 0 Å². The molecule has 4 nitrogen and oxygen atoms in total. The predicted octanol–water partition coefficient (Wildman–Crippen LogP) is 2.82. The number of nitrogen functional groups attached to an aromatic ring is 1. The Morgan fingerprint density at radius 2 is 2.22 bits per heavy atom. The van der Waals surface area contributed by atoms with Crippen LogP contribution in [0.1, 0.15) is 26.2 Å². The van der Waals surface area contributed by atoms with Gasteiger partial charge in [-0.2, -0.15) is 0 Å². The maximum Gasteiger partial charge on any atom is 0.201 e. The molecule has 0 aliphatic heterocycles. The molecule has 1 aliphatic rings. The number of benzene rings is 1. The van der Waals surface area contributed by atoms with Crippen LogP contribution < -0.4 is 10.5 Å². The Hall–Kier alpha value is -1.71. The zero-order valence-corrected chi connectivity index (χ0v) is 10.9. The number of nitrogens with two attached hydrogens (primary N) is 1. The summed E-state index contributed by atoms with van der Waals surface area (Å²) in [5, 5.41) is 0. The second kappa shape index (κ2) is 3.90. The Morgan fingerprint density at radius 1 is 1.44 bits per heavy atom. The number of nitrogens with zero attached hydrogens (tertiary/aromatic N) is 2. The molecule has 1 fully saturated rings. The second-order valence-corrected chi connectivity index (χ2v) is 5.55. The molecule has 1 aliphatic carbocycles. The number of ether oxygens (including phenoxy) is 1. The fraction of sp³-hybridized carbons (Fsp3) is 0.500. The van der Waals surface area contributed by atoms with Gasteiger partial charge in [0.1, 0.15) is 11.3 Å². The van der Waals surface area contributed by atoms with Gasteiger partial charge in [-0.15, -0.1) is 0 Å². The predicted molar refractivity (Wildman–Crippen MR) is 72.7 cm³/mol. The van der Waals surface area contributed by atoms with Crippen molar-refractivity contribution in [2.75, 3.05) is 12.8 Å². The summed E-state index contributed by atoms with van der Waals surface area (Å²) in [4.78, 5) is 4.44. The Bertz CT molecular complexity index is 584. The summed E-state index contributed by atoms with van der Waals surface area (Å²) in [6.07, 6.45) is 3.87. The third-order valence-corrected chi connectivity index (χ3v) is 4.09. The van der Waals surface area contributed by atoms with Crippen LogP contribution in [0.5, 0.6) is 5.75 Å². The van der Waals surface area contributed by atoms with E-state index in [-0.39, 0.29) is 0 Å². The minimum Gasteiger partial charge on any atom is -0.494 e. The SMILES string of the molecule is COc1cccc2c1nc(N)n2CC1(C)CCC1. The van der Waals surface area contributed by atoms with Gasteiger partial charge in [0.25, 0.3) is 0 Å². The molecule has 18 heavy (non-hydrogen) atoms. The number of fused-ring (bicyclic) bond motifs is 1. The molecule has 0 atom stereocenters. The largest absolute Gasteiger partial charge is 0.494 e. The minimum atomic E-state index is 0.380. The molecule has 1 saturated carbocycles. The number of para-hydroxylation sites is 1. The standard InChI is InChI=1S/C14H19N3O/c1-14(7-4-8-14)9-17-10-5-3-6-11(18-2)12(10)16-13(17)15/h3,5-6H,4,7-9H2,1-2H3,(H2,15,16). The molecule has 1 aromatic heterocycles. The number of rotatable bonds is 3. The average Bonchev–Trinajstić information content (AvgIpc) is 2.64. The highest BCUT2D eigenvalue weighted by molar-refractivity contribution is 5.84. The third-order valence-electron chi connectivity index (χ3n) is 4.09. The molecule has 0 unspecified atom stereocenters. The molecule has 0 amide bonds. The van der Waals surface area contributed by atoms with Crippen LogP contribution in [0.3, 0.4) is 0 Å². The Morgan fingerprint density at radius 3 is 2.83 bits per heavy atom. The first-order valence-corrected chi connectivity index (χ1v) is 6.42. The number of aromatic nitrogens is 2.